The topological polar surface area (TPSA) is 64.7 Å². The minimum atomic E-state index is -0.286. The van der Waals surface area contributed by atoms with Crippen molar-refractivity contribution >= 4 is 27.7 Å². The van der Waals surface area contributed by atoms with E-state index >= 15 is 0 Å². The normalized spacial score (nSPS) is 10.8. The largest absolute Gasteiger partial charge is 0.304 e. The van der Waals surface area contributed by atoms with Gasteiger partial charge in [-0.1, -0.05) is 29.8 Å². The highest BCUT2D eigenvalue weighted by Crippen LogP contribution is 2.21. The van der Waals surface area contributed by atoms with Crippen LogP contribution in [-0.4, -0.2) is 25.5 Å². The minimum Gasteiger partial charge on any atom is -0.304 e. The molecule has 0 spiro atoms. The molecule has 24 heavy (non-hydrogen) atoms. The maximum Gasteiger partial charge on any atom is 0.278 e. The second kappa shape index (κ2) is 6.60. The molecule has 0 atom stereocenters. The molecule has 124 valence electrons. The van der Waals surface area contributed by atoms with Crippen LogP contribution in [-0.2, 0) is 13.6 Å². The van der Waals surface area contributed by atoms with Crippen LogP contribution in [0.2, 0.25) is 0 Å². The third-order valence-electron chi connectivity index (χ3n) is 3.79. The lowest BCUT2D eigenvalue weighted by Crippen LogP contribution is -2.14. The van der Waals surface area contributed by atoms with Gasteiger partial charge in [-0.15, -0.1) is 0 Å². The molecule has 3 rings (SSSR count). The Labute approximate surface area is 148 Å². The molecular formula is C17H18BrN5O. The molecule has 0 aliphatic heterocycles. The third-order valence-corrected chi connectivity index (χ3v) is 4.73. The Morgan fingerprint density at radius 1 is 1.25 bits per heavy atom. The predicted octanol–water partition coefficient (Wildman–Crippen LogP) is 3.30. The van der Waals surface area contributed by atoms with Gasteiger partial charge in [0.2, 0.25) is 0 Å². The Morgan fingerprint density at radius 3 is 2.71 bits per heavy atom. The van der Waals surface area contributed by atoms with Gasteiger partial charge in [0.15, 0.2) is 11.5 Å². The van der Waals surface area contributed by atoms with Crippen LogP contribution in [0.5, 0.6) is 0 Å². The van der Waals surface area contributed by atoms with Crippen molar-refractivity contribution in [3.63, 3.8) is 0 Å². The second-order valence-electron chi connectivity index (χ2n) is 5.71. The van der Waals surface area contributed by atoms with Crippen molar-refractivity contribution in [2.24, 2.45) is 7.05 Å². The number of carbonyl (C=O) groups excluding carboxylic acids is 1. The average Bonchev–Trinajstić information content (AvgIpc) is 3.07. The van der Waals surface area contributed by atoms with Gasteiger partial charge in [0, 0.05) is 19.3 Å². The molecule has 6 nitrogen and oxygen atoms in total. The van der Waals surface area contributed by atoms with E-state index in [0.29, 0.717) is 22.5 Å². The van der Waals surface area contributed by atoms with Crippen molar-refractivity contribution in [2.45, 2.75) is 20.4 Å². The number of aryl methyl sites for hydroxylation is 2. The van der Waals surface area contributed by atoms with Crippen molar-refractivity contribution in [1.82, 2.24) is 19.6 Å². The van der Waals surface area contributed by atoms with Gasteiger partial charge >= 0.3 is 0 Å². The molecule has 2 aromatic heterocycles. The molecule has 1 amide bonds. The highest BCUT2D eigenvalue weighted by Gasteiger charge is 2.18. The molecule has 3 aromatic rings. The number of hydrogen-bond acceptors (Lipinski definition) is 3. The van der Waals surface area contributed by atoms with Gasteiger partial charge in [-0.3, -0.25) is 14.2 Å². The van der Waals surface area contributed by atoms with E-state index in [1.54, 1.807) is 22.5 Å². The molecule has 0 bridgehead atoms. The zero-order chi connectivity index (χ0) is 17.3. The molecule has 0 fully saturated rings. The van der Waals surface area contributed by atoms with E-state index in [1.165, 1.54) is 11.1 Å². The van der Waals surface area contributed by atoms with Crippen LogP contribution >= 0.6 is 15.9 Å². The van der Waals surface area contributed by atoms with E-state index in [0.717, 1.165) is 5.69 Å². The monoisotopic (exact) mass is 387 g/mol. The van der Waals surface area contributed by atoms with Crippen molar-refractivity contribution < 1.29 is 4.79 Å². The minimum absolute atomic E-state index is 0.286. The van der Waals surface area contributed by atoms with E-state index in [-0.39, 0.29) is 5.91 Å². The fourth-order valence-electron chi connectivity index (χ4n) is 2.42. The van der Waals surface area contributed by atoms with Crippen LogP contribution in [0.4, 0.5) is 5.82 Å². The SMILES string of the molecule is Cc1cccc(Cn2ccc(NC(=O)c3nn(C)c(C)c3Br)n2)c1. The maximum absolute atomic E-state index is 12.3. The molecule has 1 N–H and O–H groups in total. The van der Waals surface area contributed by atoms with E-state index in [1.807, 2.05) is 19.2 Å². The van der Waals surface area contributed by atoms with Gasteiger partial charge in [-0.2, -0.15) is 10.2 Å². The third kappa shape index (κ3) is 3.41. The number of nitrogens with one attached hydrogen (secondary N) is 1. The first-order chi connectivity index (χ1) is 11.4. The molecule has 0 aliphatic carbocycles. The lowest BCUT2D eigenvalue weighted by atomic mass is 10.1. The number of rotatable bonds is 4. The standard InChI is InChI=1S/C17H18BrN5O/c1-11-5-4-6-13(9-11)10-23-8-7-14(20-23)19-17(24)16-15(18)12(2)22(3)21-16/h4-9H,10H2,1-3H3,(H,19,20,24). The number of carbonyl (C=O) groups is 1. The number of aromatic nitrogens is 4. The molecular weight excluding hydrogens is 370 g/mol. The van der Waals surface area contributed by atoms with Crippen molar-refractivity contribution in [2.75, 3.05) is 5.32 Å². The summed E-state index contributed by atoms with van der Waals surface area (Å²) in [6.07, 6.45) is 1.84. The molecule has 0 unspecified atom stereocenters. The maximum atomic E-state index is 12.3. The van der Waals surface area contributed by atoms with Gasteiger partial charge in [0.1, 0.15) is 0 Å². The summed E-state index contributed by atoms with van der Waals surface area (Å²) in [5.41, 5.74) is 3.62. The second-order valence-corrected chi connectivity index (χ2v) is 6.51. The summed E-state index contributed by atoms with van der Waals surface area (Å²) in [5.74, 6) is 0.217. The quantitative estimate of drug-likeness (QED) is 0.746. The molecule has 0 saturated heterocycles. The Morgan fingerprint density at radius 2 is 2.04 bits per heavy atom. The van der Waals surface area contributed by atoms with Crippen molar-refractivity contribution in [3.8, 4) is 0 Å². The summed E-state index contributed by atoms with van der Waals surface area (Å²) in [7, 11) is 1.80. The summed E-state index contributed by atoms with van der Waals surface area (Å²) in [6, 6.07) is 10.0. The molecule has 0 saturated carbocycles. The Kier molecular flexibility index (Phi) is 4.53. The molecule has 0 aliphatic rings. The van der Waals surface area contributed by atoms with Crippen LogP contribution in [0.25, 0.3) is 0 Å². The average molecular weight is 388 g/mol. The molecule has 0 radical (unpaired) electrons. The van der Waals surface area contributed by atoms with Crippen LogP contribution in [0, 0.1) is 13.8 Å². The van der Waals surface area contributed by atoms with Gasteiger partial charge in [-0.05, 0) is 35.3 Å². The van der Waals surface area contributed by atoms with Crippen LogP contribution < -0.4 is 5.32 Å². The van der Waals surface area contributed by atoms with Crippen LogP contribution in [0.3, 0.4) is 0 Å². The van der Waals surface area contributed by atoms with Gasteiger partial charge in [-0.25, -0.2) is 0 Å². The van der Waals surface area contributed by atoms with E-state index in [4.69, 9.17) is 0 Å². The number of anilines is 1. The first kappa shape index (κ1) is 16.4. The number of benzene rings is 1. The summed E-state index contributed by atoms with van der Waals surface area (Å²) >= 11 is 3.40. The highest BCUT2D eigenvalue weighted by molar-refractivity contribution is 9.10. The smallest absolute Gasteiger partial charge is 0.278 e. The zero-order valence-corrected chi connectivity index (χ0v) is 15.3. The Balaban J connectivity index is 1.71. The zero-order valence-electron chi connectivity index (χ0n) is 13.7. The number of halogens is 1. The summed E-state index contributed by atoms with van der Waals surface area (Å²) in [4.78, 5) is 12.3. The van der Waals surface area contributed by atoms with Crippen molar-refractivity contribution in [3.05, 3.63) is 63.5 Å². The van der Waals surface area contributed by atoms with Crippen LogP contribution in [0.1, 0.15) is 27.3 Å². The summed E-state index contributed by atoms with van der Waals surface area (Å²) in [6.45, 7) is 4.61. The lowest BCUT2D eigenvalue weighted by molar-refractivity contribution is 0.102. The number of nitrogens with zero attached hydrogens (tertiary/aromatic N) is 4. The van der Waals surface area contributed by atoms with Crippen LogP contribution in [0.15, 0.2) is 41.0 Å². The van der Waals surface area contributed by atoms with Gasteiger partial charge in [0.05, 0.1) is 16.7 Å². The molecule has 7 heteroatoms. The van der Waals surface area contributed by atoms with Crippen molar-refractivity contribution in [1.29, 1.82) is 0 Å². The summed E-state index contributed by atoms with van der Waals surface area (Å²) < 4.78 is 4.15. The highest BCUT2D eigenvalue weighted by atomic mass is 79.9. The summed E-state index contributed by atoms with van der Waals surface area (Å²) in [5, 5.41) is 11.4. The van der Waals surface area contributed by atoms with Gasteiger partial charge in [0.25, 0.3) is 5.91 Å². The Hall–Kier alpha value is -2.41. The van der Waals surface area contributed by atoms with E-state index in [9.17, 15) is 4.79 Å². The predicted molar refractivity (Wildman–Crippen MR) is 96.1 cm³/mol. The van der Waals surface area contributed by atoms with E-state index < -0.39 is 0 Å². The van der Waals surface area contributed by atoms with E-state index in [2.05, 4.69) is 56.6 Å². The number of hydrogen-bond donors (Lipinski definition) is 1. The molecule has 2 heterocycles. The molecule has 1 aromatic carbocycles. The fourth-order valence-corrected chi connectivity index (χ4v) is 2.93. The fraction of sp³-hybridized carbons (Fsp3) is 0.235. The number of amides is 1. The Bertz CT molecular complexity index is 896. The van der Waals surface area contributed by atoms with Gasteiger partial charge < -0.3 is 5.32 Å². The lowest BCUT2D eigenvalue weighted by Gasteiger charge is -2.03. The first-order valence-electron chi connectivity index (χ1n) is 7.53. The first-order valence-corrected chi connectivity index (χ1v) is 8.33.